The molecule has 2 aliphatic heterocycles. The highest BCUT2D eigenvalue weighted by atomic mass is 35.5. The van der Waals surface area contributed by atoms with Gasteiger partial charge in [-0.1, -0.05) is 48.0 Å². The second kappa shape index (κ2) is 9.94. The molecule has 1 saturated heterocycles. The minimum Gasteiger partial charge on any atom is -0.486 e. The molecule has 3 aromatic rings. The Labute approximate surface area is 203 Å². The predicted molar refractivity (Wildman–Crippen MR) is 132 cm³/mol. The summed E-state index contributed by atoms with van der Waals surface area (Å²) in [5, 5.41) is 5.54. The average Bonchev–Trinajstić information content (AvgIpc) is 2.88. The van der Waals surface area contributed by atoms with Crippen LogP contribution in [0.2, 0.25) is 5.02 Å². The molecule has 2 amide bonds. The van der Waals surface area contributed by atoms with Crippen LogP contribution < -0.4 is 14.8 Å². The summed E-state index contributed by atoms with van der Waals surface area (Å²) in [4.78, 5) is 28.0. The van der Waals surface area contributed by atoms with E-state index in [1.165, 1.54) is 0 Å². The van der Waals surface area contributed by atoms with E-state index in [0.29, 0.717) is 61.4 Å². The van der Waals surface area contributed by atoms with E-state index >= 15 is 0 Å². The summed E-state index contributed by atoms with van der Waals surface area (Å²) in [5.74, 6) is 0.990. The van der Waals surface area contributed by atoms with Gasteiger partial charge in [-0.2, -0.15) is 0 Å². The van der Waals surface area contributed by atoms with Gasteiger partial charge < -0.3 is 19.7 Å². The zero-order chi connectivity index (χ0) is 23.5. The molecule has 6 nitrogen and oxygen atoms in total. The molecule has 0 aliphatic carbocycles. The first-order valence-electron chi connectivity index (χ1n) is 11.7. The van der Waals surface area contributed by atoms with Gasteiger partial charge in [-0.15, -0.1) is 0 Å². The zero-order valence-electron chi connectivity index (χ0n) is 18.9. The third-order valence-electron chi connectivity index (χ3n) is 6.47. The van der Waals surface area contributed by atoms with Crippen LogP contribution in [0.1, 0.15) is 28.8 Å². The summed E-state index contributed by atoms with van der Waals surface area (Å²) in [6.07, 6.45) is 2.22. The highest BCUT2D eigenvalue weighted by molar-refractivity contribution is 6.32. The van der Waals surface area contributed by atoms with E-state index in [1.54, 1.807) is 0 Å². The number of fused-ring (bicyclic) bond motifs is 2. The number of benzene rings is 3. The van der Waals surface area contributed by atoms with Gasteiger partial charge in [0.05, 0.1) is 10.9 Å². The van der Waals surface area contributed by atoms with Crippen LogP contribution in [-0.2, 0) is 11.2 Å². The van der Waals surface area contributed by atoms with Crippen molar-refractivity contribution in [2.24, 2.45) is 5.92 Å². The van der Waals surface area contributed by atoms with Crippen LogP contribution in [0.4, 0.5) is 0 Å². The summed E-state index contributed by atoms with van der Waals surface area (Å²) in [6, 6.07) is 17.4. The lowest BCUT2D eigenvalue weighted by atomic mass is 9.95. The maximum Gasteiger partial charge on any atom is 0.254 e. The van der Waals surface area contributed by atoms with Gasteiger partial charge in [-0.05, 0) is 53.8 Å². The Kier molecular flexibility index (Phi) is 6.59. The van der Waals surface area contributed by atoms with E-state index in [4.69, 9.17) is 21.1 Å². The molecular weight excluding hydrogens is 452 g/mol. The highest BCUT2D eigenvalue weighted by Gasteiger charge is 2.29. The van der Waals surface area contributed by atoms with Gasteiger partial charge in [-0.25, -0.2) is 0 Å². The van der Waals surface area contributed by atoms with Crippen LogP contribution >= 0.6 is 11.6 Å². The molecule has 3 aromatic carbocycles. The minimum atomic E-state index is -0.212. The van der Waals surface area contributed by atoms with Gasteiger partial charge in [0, 0.05) is 25.2 Å². The van der Waals surface area contributed by atoms with Gasteiger partial charge in [-0.3, -0.25) is 9.59 Å². The number of hydrogen-bond acceptors (Lipinski definition) is 4. The van der Waals surface area contributed by atoms with Crippen molar-refractivity contribution in [3.8, 4) is 11.5 Å². The molecule has 0 aromatic heterocycles. The Morgan fingerprint density at radius 1 is 1.06 bits per heavy atom. The molecule has 1 unspecified atom stereocenters. The predicted octanol–water partition coefficient (Wildman–Crippen LogP) is 4.48. The third kappa shape index (κ3) is 4.68. The monoisotopic (exact) mass is 478 g/mol. The molecule has 0 spiro atoms. The number of halogens is 1. The quantitative estimate of drug-likeness (QED) is 0.587. The van der Waals surface area contributed by atoms with Gasteiger partial charge in [0.1, 0.15) is 13.2 Å². The Bertz CT molecular complexity index is 1220. The maximum atomic E-state index is 13.3. The van der Waals surface area contributed by atoms with Crippen LogP contribution in [-0.4, -0.2) is 49.6 Å². The first-order chi connectivity index (χ1) is 16.6. The Morgan fingerprint density at radius 2 is 1.88 bits per heavy atom. The van der Waals surface area contributed by atoms with E-state index in [-0.39, 0.29) is 17.7 Å². The molecule has 5 rings (SSSR count). The van der Waals surface area contributed by atoms with Crippen LogP contribution in [0, 0.1) is 5.92 Å². The van der Waals surface area contributed by atoms with Gasteiger partial charge in [0.2, 0.25) is 5.91 Å². The topological polar surface area (TPSA) is 67.9 Å². The maximum absolute atomic E-state index is 13.3. The fourth-order valence-electron chi connectivity index (χ4n) is 4.74. The number of likely N-dealkylation sites (tertiary alicyclic amines) is 1. The van der Waals surface area contributed by atoms with E-state index in [1.807, 2.05) is 59.5 Å². The molecule has 1 N–H and O–H groups in total. The van der Waals surface area contributed by atoms with E-state index in [0.717, 1.165) is 29.2 Å². The smallest absolute Gasteiger partial charge is 0.254 e. The van der Waals surface area contributed by atoms with Crippen LogP contribution in [0.3, 0.4) is 0 Å². The number of piperidine rings is 1. The Hall–Kier alpha value is -3.25. The SMILES string of the molecule is O=C(NCCc1cc(Cl)c2c(c1)OCCO2)C1CCCN(C(=O)c2cccc3ccccc23)C1. The zero-order valence-corrected chi connectivity index (χ0v) is 19.6. The second-order valence-electron chi connectivity index (χ2n) is 8.76. The highest BCUT2D eigenvalue weighted by Crippen LogP contribution is 2.38. The fourth-order valence-corrected chi connectivity index (χ4v) is 5.03. The van der Waals surface area contributed by atoms with Crippen LogP contribution in [0.5, 0.6) is 11.5 Å². The van der Waals surface area contributed by atoms with Crippen molar-refractivity contribution in [2.45, 2.75) is 19.3 Å². The van der Waals surface area contributed by atoms with E-state index < -0.39 is 0 Å². The van der Waals surface area contributed by atoms with Crippen molar-refractivity contribution in [3.63, 3.8) is 0 Å². The van der Waals surface area contributed by atoms with Crippen molar-refractivity contribution >= 4 is 34.2 Å². The number of nitrogens with one attached hydrogen (secondary N) is 1. The number of amides is 2. The largest absolute Gasteiger partial charge is 0.486 e. The molecule has 2 aliphatic rings. The summed E-state index contributed by atoms with van der Waals surface area (Å²) in [7, 11) is 0. The number of nitrogens with zero attached hydrogens (tertiary/aromatic N) is 1. The van der Waals surface area contributed by atoms with Crippen LogP contribution in [0.25, 0.3) is 10.8 Å². The average molecular weight is 479 g/mol. The second-order valence-corrected chi connectivity index (χ2v) is 9.17. The first kappa shape index (κ1) is 22.5. The molecule has 1 atom stereocenters. The lowest BCUT2D eigenvalue weighted by molar-refractivity contribution is -0.126. The van der Waals surface area contributed by atoms with Crippen molar-refractivity contribution in [3.05, 3.63) is 70.7 Å². The minimum absolute atomic E-state index is 0.0137. The molecule has 2 heterocycles. The molecule has 7 heteroatoms. The van der Waals surface area contributed by atoms with Crippen molar-refractivity contribution < 1.29 is 19.1 Å². The molecule has 1 fully saturated rings. The van der Waals surface area contributed by atoms with Gasteiger partial charge in [0.15, 0.2) is 11.5 Å². The standard InChI is InChI=1S/C27H27ClN2O4/c28-23-15-18(16-24-25(23)34-14-13-33-24)10-11-29-26(31)20-7-4-12-30(17-20)27(32)22-9-3-6-19-5-1-2-8-21(19)22/h1-3,5-6,8-9,15-16,20H,4,7,10-14,17H2,(H,29,31). The summed E-state index contributed by atoms with van der Waals surface area (Å²) in [6.45, 7) is 2.58. The number of ether oxygens (including phenoxy) is 2. The van der Waals surface area contributed by atoms with Crippen LogP contribution in [0.15, 0.2) is 54.6 Å². The number of carbonyl (C=O) groups excluding carboxylic acids is 2. The molecular formula is C27H27ClN2O4. The van der Waals surface area contributed by atoms with Crippen molar-refractivity contribution in [1.29, 1.82) is 0 Å². The first-order valence-corrected chi connectivity index (χ1v) is 12.1. The number of hydrogen-bond donors (Lipinski definition) is 1. The van der Waals surface area contributed by atoms with E-state index in [2.05, 4.69) is 5.32 Å². The Balaban J connectivity index is 1.19. The molecule has 0 bridgehead atoms. The molecule has 34 heavy (non-hydrogen) atoms. The molecule has 0 saturated carbocycles. The third-order valence-corrected chi connectivity index (χ3v) is 6.75. The summed E-state index contributed by atoms with van der Waals surface area (Å²) >= 11 is 6.31. The number of rotatable bonds is 5. The van der Waals surface area contributed by atoms with Gasteiger partial charge >= 0.3 is 0 Å². The van der Waals surface area contributed by atoms with Crippen molar-refractivity contribution in [2.75, 3.05) is 32.8 Å². The summed E-state index contributed by atoms with van der Waals surface area (Å²) in [5.41, 5.74) is 1.67. The van der Waals surface area contributed by atoms with Gasteiger partial charge in [0.25, 0.3) is 5.91 Å². The summed E-state index contributed by atoms with van der Waals surface area (Å²) < 4.78 is 11.2. The number of carbonyl (C=O) groups is 2. The lowest BCUT2D eigenvalue weighted by Crippen LogP contribution is -2.45. The molecule has 0 radical (unpaired) electrons. The normalized spacial score (nSPS) is 17.4. The van der Waals surface area contributed by atoms with E-state index in [9.17, 15) is 9.59 Å². The van der Waals surface area contributed by atoms with Crippen molar-refractivity contribution in [1.82, 2.24) is 10.2 Å². The lowest BCUT2D eigenvalue weighted by Gasteiger charge is -2.32. The Morgan fingerprint density at radius 3 is 2.79 bits per heavy atom. The molecule has 176 valence electrons. The fraction of sp³-hybridized carbons (Fsp3) is 0.333.